The fourth-order valence-corrected chi connectivity index (χ4v) is 3.18. The number of allylic oxidation sites excluding steroid dienone is 1. The molecule has 0 aromatic rings. The first kappa shape index (κ1) is 18.8. The Balaban J connectivity index is 2.22. The highest BCUT2D eigenvalue weighted by Gasteiger charge is 2.37. The van der Waals surface area contributed by atoms with Crippen molar-refractivity contribution in [1.82, 2.24) is 9.80 Å². The average molecular weight is 355 g/mol. The molecule has 2 heterocycles. The quantitative estimate of drug-likeness (QED) is 0.500. The summed E-state index contributed by atoms with van der Waals surface area (Å²) in [6.07, 6.45) is 1.20. The molecule has 2 aliphatic rings. The van der Waals surface area contributed by atoms with E-state index in [9.17, 15) is 9.59 Å². The third-order valence-electron chi connectivity index (χ3n) is 4.07. The molecule has 1 unspecified atom stereocenters. The maximum absolute atomic E-state index is 12.4. The first-order valence-corrected chi connectivity index (χ1v) is 8.69. The van der Waals surface area contributed by atoms with E-state index in [-0.39, 0.29) is 23.3 Å². The summed E-state index contributed by atoms with van der Waals surface area (Å²) in [5, 5.41) is 9.72. The van der Waals surface area contributed by atoms with Crippen LogP contribution >= 0.6 is 12.6 Å². The number of likely N-dealkylation sites (tertiary alicyclic amines) is 1. The number of hydrogen-bond acceptors (Lipinski definition) is 5. The summed E-state index contributed by atoms with van der Waals surface area (Å²) in [6, 6.07) is 0.0162. The molecule has 2 amide bonds. The molecule has 0 spiro atoms. The number of amides is 2. The van der Waals surface area contributed by atoms with Gasteiger partial charge in [-0.25, -0.2) is 4.79 Å². The highest BCUT2D eigenvalue weighted by molar-refractivity contribution is 7.81. The normalized spacial score (nSPS) is 27.3. The SMILES string of the molecule is C[C@H]1C[NH2+]/C(=C(\C=N)N2CC(S)CC2=O)CN1C(=O)OC(C)(C)C. The van der Waals surface area contributed by atoms with Gasteiger partial charge in [-0.15, -0.1) is 0 Å². The van der Waals surface area contributed by atoms with Crippen LogP contribution in [0.25, 0.3) is 0 Å². The van der Waals surface area contributed by atoms with Gasteiger partial charge in [0, 0.05) is 24.4 Å². The number of thiol groups is 1. The second kappa shape index (κ2) is 7.14. The van der Waals surface area contributed by atoms with E-state index in [1.807, 2.05) is 33.0 Å². The summed E-state index contributed by atoms with van der Waals surface area (Å²) in [4.78, 5) is 27.8. The number of nitrogens with one attached hydrogen (secondary N) is 1. The second-order valence-corrected chi connectivity index (χ2v) is 8.04. The first-order valence-electron chi connectivity index (χ1n) is 8.17. The van der Waals surface area contributed by atoms with Crippen LogP contribution in [0.5, 0.6) is 0 Å². The van der Waals surface area contributed by atoms with E-state index in [1.165, 1.54) is 6.21 Å². The Morgan fingerprint density at radius 2 is 2.12 bits per heavy atom. The molecule has 2 atom stereocenters. The Morgan fingerprint density at radius 1 is 1.46 bits per heavy atom. The summed E-state index contributed by atoms with van der Waals surface area (Å²) in [6.45, 7) is 8.96. The molecule has 2 rings (SSSR count). The fraction of sp³-hybridized carbons (Fsp3) is 0.688. The number of rotatable bonds is 2. The zero-order valence-electron chi connectivity index (χ0n) is 14.7. The molecular weight excluding hydrogens is 328 g/mol. The van der Waals surface area contributed by atoms with Crippen LogP contribution in [0.2, 0.25) is 0 Å². The first-order chi connectivity index (χ1) is 11.1. The van der Waals surface area contributed by atoms with E-state index in [0.29, 0.717) is 31.8 Å². The minimum Gasteiger partial charge on any atom is -0.444 e. The van der Waals surface area contributed by atoms with Gasteiger partial charge in [-0.2, -0.15) is 12.6 Å². The predicted molar refractivity (Wildman–Crippen MR) is 94.1 cm³/mol. The number of nitrogens with zero attached hydrogens (tertiary/aromatic N) is 2. The number of hydrogen-bond donors (Lipinski definition) is 3. The van der Waals surface area contributed by atoms with Crippen LogP contribution in [-0.2, 0) is 9.53 Å². The lowest BCUT2D eigenvalue weighted by Gasteiger charge is -2.35. The smallest absolute Gasteiger partial charge is 0.411 e. The number of carbonyl (C=O) groups is 2. The van der Waals surface area contributed by atoms with Crippen molar-refractivity contribution in [1.29, 1.82) is 5.41 Å². The second-order valence-electron chi connectivity index (χ2n) is 7.31. The molecule has 2 aliphatic heterocycles. The zero-order chi connectivity index (χ0) is 18.1. The summed E-state index contributed by atoms with van der Waals surface area (Å²) in [5.74, 6) is -0.0307. The van der Waals surface area contributed by atoms with Crippen molar-refractivity contribution >= 4 is 30.8 Å². The molecule has 0 radical (unpaired) electrons. The molecule has 2 fully saturated rings. The van der Waals surface area contributed by atoms with Gasteiger partial charge in [-0.3, -0.25) is 9.69 Å². The largest absolute Gasteiger partial charge is 0.444 e. The minimum atomic E-state index is -0.559. The molecule has 2 saturated heterocycles. The Kier molecular flexibility index (Phi) is 5.59. The van der Waals surface area contributed by atoms with Gasteiger partial charge in [-0.1, -0.05) is 0 Å². The van der Waals surface area contributed by atoms with Gasteiger partial charge in [0.1, 0.15) is 24.4 Å². The topological polar surface area (TPSA) is 90.3 Å². The standard InChI is InChI=1S/C16H26N4O3S/c1-10-7-18-12(9-19(10)15(22)23-16(2,3)4)13(6-17)20-8-11(24)5-14(20)21/h6,10-11,17-18,24H,5,7-9H2,1-4H3/p+1/b13-12+,17-6?/t10-,11?/m0/s1. The molecule has 0 aliphatic carbocycles. The van der Waals surface area contributed by atoms with Crippen LogP contribution in [0.3, 0.4) is 0 Å². The van der Waals surface area contributed by atoms with Crippen LogP contribution < -0.4 is 5.32 Å². The number of quaternary nitrogens is 1. The average Bonchev–Trinajstić information content (AvgIpc) is 2.78. The molecular formula is C16H27N4O3S+. The molecule has 8 heteroatoms. The van der Waals surface area contributed by atoms with Gasteiger partial charge in [0.05, 0.1) is 6.04 Å². The summed E-state index contributed by atoms with van der Waals surface area (Å²) < 4.78 is 5.47. The molecule has 0 aromatic heterocycles. The lowest BCUT2D eigenvalue weighted by atomic mass is 10.1. The summed E-state index contributed by atoms with van der Waals surface area (Å²) in [5.41, 5.74) is 0.804. The van der Waals surface area contributed by atoms with Gasteiger partial charge < -0.3 is 20.4 Å². The highest BCUT2D eigenvalue weighted by atomic mass is 32.1. The minimum absolute atomic E-state index is 0.0162. The van der Waals surface area contributed by atoms with Crippen LogP contribution in [-0.4, -0.2) is 64.5 Å². The molecule has 7 nitrogen and oxygen atoms in total. The van der Waals surface area contributed by atoms with E-state index in [4.69, 9.17) is 10.1 Å². The molecule has 134 valence electrons. The van der Waals surface area contributed by atoms with Gasteiger partial charge >= 0.3 is 6.09 Å². The van der Waals surface area contributed by atoms with Crippen molar-refractivity contribution in [3.8, 4) is 0 Å². The monoisotopic (exact) mass is 355 g/mol. The zero-order valence-corrected chi connectivity index (χ0v) is 15.6. The van der Waals surface area contributed by atoms with E-state index in [1.54, 1.807) is 9.80 Å². The van der Waals surface area contributed by atoms with Gasteiger partial charge in [0.2, 0.25) is 5.91 Å². The van der Waals surface area contributed by atoms with Gasteiger partial charge in [0.15, 0.2) is 5.70 Å². The Bertz CT molecular complexity index is 570. The molecule has 24 heavy (non-hydrogen) atoms. The van der Waals surface area contributed by atoms with Gasteiger partial charge in [0.25, 0.3) is 0 Å². The van der Waals surface area contributed by atoms with Crippen molar-refractivity contribution in [3.05, 3.63) is 11.4 Å². The van der Waals surface area contributed by atoms with Crippen molar-refractivity contribution < 1.29 is 19.6 Å². The van der Waals surface area contributed by atoms with Crippen LogP contribution in [0, 0.1) is 5.41 Å². The van der Waals surface area contributed by atoms with Crippen LogP contribution in [0.1, 0.15) is 34.1 Å². The van der Waals surface area contributed by atoms with Crippen molar-refractivity contribution in [3.63, 3.8) is 0 Å². The van der Waals surface area contributed by atoms with E-state index in [0.717, 1.165) is 5.70 Å². The fourth-order valence-electron chi connectivity index (χ4n) is 2.86. The number of carbonyl (C=O) groups excluding carboxylic acids is 2. The van der Waals surface area contributed by atoms with E-state index < -0.39 is 5.60 Å². The predicted octanol–water partition coefficient (Wildman–Crippen LogP) is 0.581. The lowest BCUT2D eigenvalue weighted by Crippen LogP contribution is -2.90. The van der Waals surface area contributed by atoms with Crippen molar-refractivity contribution in [2.45, 2.75) is 51.0 Å². The van der Waals surface area contributed by atoms with Crippen LogP contribution in [0.4, 0.5) is 4.79 Å². The molecule has 0 bridgehead atoms. The maximum atomic E-state index is 12.4. The third kappa shape index (κ3) is 4.30. The van der Waals surface area contributed by atoms with Crippen molar-refractivity contribution in [2.75, 3.05) is 19.6 Å². The molecule has 3 N–H and O–H groups in total. The Labute approximate surface area is 148 Å². The maximum Gasteiger partial charge on any atom is 0.411 e. The number of nitrogens with two attached hydrogens (primary N) is 1. The van der Waals surface area contributed by atoms with Gasteiger partial charge in [-0.05, 0) is 27.7 Å². The third-order valence-corrected chi connectivity index (χ3v) is 4.41. The highest BCUT2D eigenvalue weighted by Crippen LogP contribution is 2.22. The lowest BCUT2D eigenvalue weighted by molar-refractivity contribution is -0.622. The summed E-state index contributed by atoms with van der Waals surface area (Å²) in [7, 11) is 0. The van der Waals surface area contributed by atoms with E-state index >= 15 is 0 Å². The molecule has 0 saturated carbocycles. The van der Waals surface area contributed by atoms with Crippen molar-refractivity contribution in [2.24, 2.45) is 0 Å². The number of ether oxygens (including phenoxy) is 1. The Morgan fingerprint density at radius 3 is 2.62 bits per heavy atom. The number of piperazine rings is 1. The Hall–Kier alpha value is -1.54. The molecule has 0 aromatic carbocycles. The van der Waals surface area contributed by atoms with E-state index in [2.05, 4.69) is 12.6 Å². The van der Waals surface area contributed by atoms with Crippen LogP contribution in [0.15, 0.2) is 11.4 Å². The summed E-state index contributed by atoms with van der Waals surface area (Å²) >= 11 is 4.36.